The number of benzene rings is 1. The summed E-state index contributed by atoms with van der Waals surface area (Å²) < 4.78 is 15.7. The molecular weight excluding hydrogens is 274 g/mol. The lowest BCUT2D eigenvalue weighted by molar-refractivity contribution is 0.0718. The number of aliphatic hydroxyl groups excluding tert-OH is 1. The number of anilines is 1. The minimum Gasteiger partial charge on any atom is -0.493 e. The molecule has 0 radical (unpaired) electrons. The highest BCUT2D eigenvalue weighted by Crippen LogP contribution is 2.24. The van der Waals surface area contributed by atoms with Crippen LogP contribution in [-0.2, 0) is 9.47 Å². The number of hydrogen-bond acceptors (Lipinski definition) is 5. The smallest absolute Gasteiger partial charge is 0.414 e. The summed E-state index contributed by atoms with van der Waals surface area (Å²) in [5.41, 5.74) is 0.765. The molecular formula is C15H21NO5. The molecule has 1 unspecified atom stereocenters. The second-order valence-electron chi connectivity index (χ2n) is 5.05. The van der Waals surface area contributed by atoms with Crippen LogP contribution in [-0.4, -0.2) is 50.3 Å². The number of cyclic esters (lactones) is 1. The zero-order valence-electron chi connectivity index (χ0n) is 12.3. The highest BCUT2D eigenvalue weighted by molar-refractivity contribution is 5.89. The standard InChI is InChI=1S/C15H21NO5/c1-11(17)7-8-20-13-5-3-12(4-6-13)16-9-14(10-19-2)21-15(16)18/h3-6,11,14,17H,7-10H2,1-2H3/t11-,14?/m0/s1. The number of aliphatic hydroxyl groups is 1. The van der Waals surface area contributed by atoms with Gasteiger partial charge in [-0.05, 0) is 31.2 Å². The number of amides is 1. The van der Waals surface area contributed by atoms with E-state index in [1.165, 1.54) is 0 Å². The van der Waals surface area contributed by atoms with E-state index in [0.717, 1.165) is 5.69 Å². The molecule has 1 aliphatic heterocycles. The number of carbonyl (C=O) groups excluding carboxylic acids is 1. The summed E-state index contributed by atoms with van der Waals surface area (Å²) >= 11 is 0. The maximum absolute atomic E-state index is 11.8. The topological polar surface area (TPSA) is 68.2 Å². The van der Waals surface area contributed by atoms with E-state index < -0.39 is 0 Å². The summed E-state index contributed by atoms with van der Waals surface area (Å²) in [6.07, 6.45) is -0.385. The van der Waals surface area contributed by atoms with Gasteiger partial charge in [-0.3, -0.25) is 4.90 Å². The Kier molecular flexibility index (Phi) is 5.41. The average Bonchev–Trinajstić information content (AvgIpc) is 2.80. The SMILES string of the molecule is COCC1CN(c2ccc(OCC[C@H](C)O)cc2)C(=O)O1. The molecule has 6 heteroatoms. The van der Waals surface area contributed by atoms with E-state index in [2.05, 4.69) is 0 Å². The lowest BCUT2D eigenvalue weighted by atomic mass is 10.2. The molecule has 0 spiro atoms. The lowest BCUT2D eigenvalue weighted by Gasteiger charge is -2.14. The Hall–Kier alpha value is -1.79. The molecule has 0 bridgehead atoms. The van der Waals surface area contributed by atoms with Gasteiger partial charge in [0.25, 0.3) is 0 Å². The van der Waals surface area contributed by atoms with Gasteiger partial charge in [0.05, 0.1) is 25.9 Å². The Balaban J connectivity index is 1.91. The average molecular weight is 295 g/mol. The first-order valence-corrected chi connectivity index (χ1v) is 6.98. The van der Waals surface area contributed by atoms with E-state index in [1.54, 1.807) is 31.1 Å². The van der Waals surface area contributed by atoms with Gasteiger partial charge in [-0.1, -0.05) is 0 Å². The Morgan fingerprint density at radius 3 is 2.76 bits per heavy atom. The van der Waals surface area contributed by atoms with Crippen LogP contribution in [0.4, 0.5) is 10.5 Å². The molecule has 0 saturated carbocycles. The van der Waals surface area contributed by atoms with Crippen LogP contribution >= 0.6 is 0 Å². The molecule has 1 fully saturated rings. The molecule has 1 amide bonds. The van der Waals surface area contributed by atoms with Crippen molar-refractivity contribution in [2.24, 2.45) is 0 Å². The summed E-state index contributed by atoms with van der Waals surface area (Å²) in [5.74, 6) is 0.709. The van der Waals surface area contributed by atoms with Gasteiger partial charge in [0.2, 0.25) is 0 Å². The van der Waals surface area contributed by atoms with Gasteiger partial charge in [-0.2, -0.15) is 0 Å². The quantitative estimate of drug-likeness (QED) is 0.831. The second kappa shape index (κ2) is 7.28. The van der Waals surface area contributed by atoms with Crippen LogP contribution in [0.25, 0.3) is 0 Å². The summed E-state index contributed by atoms with van der Waals surface area (Å²) in [7, 11) is 1.58. The normalized spacial score (nSPS) is 19.5. The molecule has 116 valence electrons. The number of nitrogens with zero attached hydrogens (tertiary/aromatic N) is 1. The van der Waals surface area contributed by atoms with Crippen molar-refractivity contribution in [3.8, 4) is 5.75 Å². The number of carbonyl (C=O) groups is 1. The molecule has 0 aliphatic carbocycles. The number of hydrogen-bond donors (Lipinski definition) is 1. The predicted octanol–water partition coefficient (Wildman–Crippen LogP) is 1.81. The van der Waals surface area contributed by atoms with Crippen molar-refractivity contribution >= 4 is 11.8 Å². The molecule has 21 heavy (non-hydrogen) atoms. The summed E-state index contributed by atoms with van der Waals surface area (Å²) in [6, 6.07) is 7.23. The summed E-state index contributed by atoms with van der Waals surface area (Å²) in [4.78, 5) is 13.4. The van der Waals surface area contributed by atoms with Crippen molar-refractivity contribution in [3.05, 3.63) is 24.3 Å². The van der Waals surface area contributed by atoms with Crippen molar-refractivity contribution in [1.29, 1.82) is 0 Å². The molecule has 1 saturated heterocycles. The second-order valence-corrected chi connectivity index (χ2v) is 5.05. The third kappa shape index (κ3) is 4.34. The van der Waals surface area contributed by atoms with E-state index in [9.17, 15) is 4.79 Å². The van der Waals surface area contributed by atoms with Gasteiger partial charge in [0.15, 0.2) is 0 Å². The first kappa shape index (κ1) is 15.6. The lowest BCUT2D eigenvalue weighted by Crippen LogP contribution is -2.25. The van der Waals surface area contributed by atoms with Gasteiger partial charge < -0.3 is 19.3 Å². The molecule has 2 rings (SSSR count). The monoisotopic (exact) mass is 295 g/mol. The Labute approximate surface area is 124 Å². The molecule has 6 nitrogen and oxygen atoms in total. The van der Waals surface area contributed by atoms with Gasteiger partial charge in [0, 0.05) is 19.2 Å². The summed E-state index contributed by atoms with van der Waals surface area (Å²) in [6.45, 7) is 3.05. The Bertz CT molecular complexity index is 460. The molecule has 2 atom stereocenters. The zero-order chi connectivity index (χ0) is 15.2. The van der Waals surface area contributed by atoms with Crippen LogP contribution in [0.1, 0.15) is 13.3 Å². The minimum absolute atomic E-state index is 0.232. The van der Waals surface area contributed by atoms with Crippen molar-refractivity contribution in [2.45, 2.75) is 25.6 Å². The number of rotatable bonds is 7. The van der Waals surface area contributed by atoms with E-state index in [4.69, 9.17) is 19.3 Å². The molecule has 1 N–H and O–H groups in total. The van der Waals surface area contributed by atoms with Crippen LogP contribution < -0.4 is 9.64 Å². The van der Waals surface area contributed by atoms with E-state index >= 15 is 0 Å². The van der Waals surface area contributed by atoms with Gasteiger partial charge >= 0.3 is 6.09 Å². The largest absolute Gasteiger partial charge is 0.493 e. The van der Waals surface area contributed by atoms with Crippen molar-refractivity contribution in [2.75, 3.05) is 31.8 Å². The number of ether oxygens (including phenoxy) is 3. The maximum atomic E-state index is 11.8. The van der Waals surface area contributed by atoms with Crippen LogP contribution in [0, 0.1) is 0 Å². The fourth-order valence-corrected chi connectivity index (χ4v) is 2.07. The van der Waals surface area contributed by atoms with Gasteiger partial charge in [-0.15, -0.1) is 0 Å². The highest BCUT2D eigenvalue weighted by atomic mass is 16.6. The van der Waals surface area contributed by atoms with Gasteiger partial charge in [-0.25, -0.2) is 4.79 Å². The van der Waals surface area contributed by atoms with Crippen molar-refractivity contribution in [1.82, 2.24) is 0 Å². The first-order chi connectivity index (χ1) is 10.1. The van der Waals surface area contributed by atoms with E-state index in [0.29, 0.717) is 31.9 Å². The fourth-order valence-electron chi connectivity index (χ4n) is 2.07. The Morgan fingerprint density at radius 2 is 2.14 bits per heavy atom. The minimum atomic E-state index is -0.374. The van der Waals surface area contributed by atoms with E-state index in [-0.39, 0.29) is 18.3 Å². The molecule has 1 aromatic rings. The Morgan fingerprint density at radius 1 is 1.43 bits per heavy atom. The predicted molar refractivity (Wildman–Crippen MR) is 77.7 cm³/mol. The molecule has 1 heterocycles. The van der Waals surface area contributed by atoms with Crippen LogP contribution in [0.3, 0.4) is 0 Å². The van der Waals surface area contributed by atoms with E-state index in [1.807, 2.05) is 12.1 Å². The first-order valence-electron chi connectivity index (χ1n) is 6.98. The molecule has 1 aromatic carbocycles. The van der Waals surface area contributed by atoms with Crippen LogP contribution in [0.15, 0.2) is 24.3 Å². The maximum Gasteiger partial charge on any atom is 0.414 e. The zero-order valence-corrected chi connectivity index (χ0v) is 12.3. The van der Waals surface area contributed by atoms with Gasteiger partial charge in [0.1, 0.15) is 11.9 Å². The van der Waals surface area contributed by atoms with Crippen LogP contribution in [0.5, 0.6) is 5.75 Å². The van der Waals surface area contributed by atoms with Crippen molar-refractivity contribution in [3.63, 3.8) is 0 Å². The van der Waals surface area contributed by atoms with Crippen molar-refractivity contribution < 1.29 is 24.1 Å². The highest BCUT2D eigenvalue weighted by Gasteiger charge is 2.32. The molecule has 0 aromatic heterocycles. The summed E-state index contributed by atoms with van der Waals surface area (Å²) in [5, 5.41) is 9.17. The third-order valence-corrected chi connectivity index (χ3v) is 3.18. The fraction of sp³-hybridized carbons (Fsp3) is 0.533. The molecule has 1 aliphatic rings. The van der Waals surface area contributed by atoms with Crippen LogP contribution in [0.2, 0.25) is 0 Å². The third-order valence-electron chi connectivity index (χ3n) is 3.18. The number of methoxy groups -OCH3 is 1.